The van der Waals surface area contributed by atoms with Crippen LogP contribution in [0.3, 0.4) is 0 Å². The number of carbonyl (C=O) groups excluding carboxylic acids is 1. The van der Waals surface area contributed by atoms with Gasteiger partial charge in [-0.3, -0.25) is 10.1 Å². The maximum atomic E-state index is 12.1. The monoisotopic (exact) mass is 320 g/mol. The first-order chi connectivity index (χ1) is 9.08. The zero-order valence-electron chi connectivity index (χ0n) is 12.9. The third-order valence-corrected chi connectivity index (χ3v) is 2.80. The van der Waals surface area contributed by atoms with E-state index in [1.54, 1.807) is 6.92 Å². The Hall–Kier alpha value is -1.02. The number of urea groups is 1. The van der Waals surface area contributed by atoms with Crippen LogP contribution >= 0.6 is 24.2 Å². The predicted molar refractivity (Wildman–Crippen MR) is 87.9 cm³/mol. The number of hydrogen-bond donors (Lipinski definition) is 3. The van der Waals surface area contributed by atoms with Crippen molar-refractivity contribution in [2.75, 3.05) is 6.61 Å². The van der Waals surface area contributed by atoms with Crippen LogP contribution in [0.4, 0.5) is 4.79 Å². The fraction of sp³-hybridized carbons (Fsp3) is 0.750. The highest BCUT2D eigenvalue weighted by Crippen LogP contribution is 2.08. The van der Waals surface area contributed by atoms with E-state index < -0.39 is 6.03 Å². The number of ether oxygens (including phenoxy) is 1. The summed E-state index contributed by atoms with van der Waals surface area (Å²) < 4.78 is 7.72. The molecule has 0 bridgehead atoms. The largest absolute Gasteiger partial charge is 0.465 e. The van der Waals surface area contributed by atoms with Crippen molar-refractivity contribution in [2.45, 2.75) is 52.3 Å². The van der Waals surface area contributed by atoms with Crippen LogP contribution in [0.25, 0.3) is 0 Å². The minimum Gasteiger partial charge on any atom is -0.465 e. The summed E-state index contributed by atoms with van der Waals surface area (Å²) in [7, 11) is 0. The van der Waals surface area contributed by atoms with Gasteiger partial charge >= 0.3 is 6.03 Å². The topological polar surface area (TPSA) is 77.5 Å². The molecule has 0 atom stereocenters. The summed E-state index contributed by atoms with van der Waals surface area (Å²) in [6.45, 7) is 11.7. The second-order valence-corrected chi connectivity index (χ2v) is 7.10. The zero-order valence-corrected chi connectivity index (χ0v) is 14.5. The van der Waals surface area contributed by atoms with Gasteiger partial charge in [0.1, 0.15) is 0 Å². The maximum absolute atomic E-state index is 12.1. The van der Waals surface area contributed by atoms with Crippen molar-refractivity contribution in [3.8, 4) is 0 Å². The molecular weight excluding hydrogens is 296 g/mol. The molecular formula is C12H24N4O2S2. The Balaban J connectivity index is 4.93. The van der Waals surface area contributed by atoms with Crippen LogP contribution in [-0.2, 0) is 4.74 Å². The molecule has 0 aromatic rings. The van der Waals surface area contributed by atoms with Gasteiger partial charge < -0.3 is 10.1 Å². The zero-order chi connectivity index (χ0) is 15.9. The molecule has 6 nitrogen and oxygen atoms in total. The van der Waals surface area contributed by atoms with Crippen molar-refractivity contribution in [3.05, 3.63) is 0 Å². The molecule has 0 aliphatic rings. The Bertz CT molecular complexity index is 367. The van der Waals surface area contributed by atoms with Gasteiger partial charge in [-0.1, -0.05) is 13.8 Å². The van der Waals surface area contributed by atoms with E-state index in [4.69, 9.17) is 22.4 Å². The number of nitrogens with zero attached hydrogens (tertiary/aromatic N) is 1. The fourth-order valence-electron chi connectivity index (χ4n) is 1.07. The van der Waals surface area contributed by atoms with E-state index in [-0.39, 0.29) is 28.5 Å². The SMILES string of the molecule is CCOC(=N)N(C(=O)NSC(C)C)C(=S)NC(C)(C)C. The lowest BCUT2D eigenvalue weighted by Crippen LogP contribution is -2.55. The van der Waals surface area contributed by atoms with Gasteiger partial charge in [0.2, 0.25) is 0 Å². The van der Waals surface area contributed by atoms with Gasteiger partial charge in [0.15, 0.2) is 5.11 Å². The second kappa shape index (κ2) is 8.31. The summed E-state index contributed by atoms with van der Waals surface area (Å²) in [5.74, 6) is 0. The Morgan fingerprint density at radius 1 is 1.45 bits per heavy atom. The summed E-state index contributed by atoms with van der Waals surface area (Å²) in [6.07, 6.45) is 0. The predicted octanol–water partition coefficient (Wildman–Crippen LogP) is 2.70. The van der Waals surface area contributed by atoms with Gasteiger partial charge in [-0.25, -0.2) is 4.79 Å². The molecule has 0 spiro atoms. The smallest absolute Gasteiger partial charge is 0.341 e. The quantitative estimate of drug-likeness (QED) is 0.322. The molecule has 3 N–H and O–H groups in total. The minimum atomic E-state index is -0.496. The van der Waals surface area contributed by atoms with E-state index in [0.717, 1.165) is 4.90 Å². The van der Waals surface area contributed by atoms with Crippen molar-refractivity contribution in [3.63, 3.8) is 0 Å². The summed E-state index contributed by atoms with van der Waals surface area (Å²) in [5.41, 5.74) is -0.312. The summed E-state index contributed by atoms with van der Waals surface area (Å²) >= 11 is 6.45. The molecule has 0 aliphatic heterocycles. The van der Waals surface area contributed by atoms with Crippen LogP contribution in [0.2, 0.25) is 0 Å². The van der Waals surface area contributed by atoms with Crippen molar-refractivity contribution >= 4 is 41.3 Å². The molecule has 0 aliphatic carbocycles. The summed E-state index contributed by atoms with van der Waals surface area (Å²) in [6, 6.07) is -0.792. The average molecular weight is 320 g/mol. The first kappa shape index (κ1) is 19.0. The minimum absolute atomic E-state index is 0.137. The number of carbonyl (C=O) groups is 1. The molecule has 2 amide bonds. The molecule has 0 saturated heterocycles. The van der Waals surface area contributed by atoms with Crippen molar-refractivity contribution in [1.82, 2.24) is 14.9 Å². The third kappa shape index (κ3) is 7.54. The Kier molecular flexibility index (Phi) is 7.88. The van der Waals surface area contributed by atoms with Gasteiger partial charge in [0.25, 0.3) is 6.02 Å². The van der Waals surface area contributed by atoms with Crippen LogP contribution in [0, 0.1) is 5.41 Å². The van der Waals surface area contributed by atoms with Gasteiger partial charge in [-0.15, -0.1) is 0 Å². The summed E-state index contributed by atoms with van der Waals surface area (Å²) in [4.78, 5) is 13.2. The molecule has 0 heterocycles. The first-order valence-electron chi connectivity index (χ1n) is 6.37. The Morgan fingerprint density at radius 2 is 2.00 bits per heavy atom. The second-order valence-electron chi connectivity index (χ2n) is 5.33. The van der Waals surface area contributed by atoms with Crippen LogP contribution in [-0.4, -0.2) is 39.5 Å². The molecule has 0 aromatic carbocycles. The molecule has 8 heteroatoms. The van der Waals surface area contributed by atoms with Gasteiger partial charge in [-0.2, -0.15) is 4.90 Å². The lowest BCUT2D eigenvalue weighted by Gasteiger charge is -2.29. The Labute approximate surface area is 130 Å². The summed E-state index contributed by atoms with van der Waals surface area (Å²) in [5, 5.41) is 11.2. The molecule has 0 saturated carbocycles. The number of nitrogens with one attached hydrogen (secondary N) is 3. The van der Waals surface area contributed by atoms with Crippen LogP contribution in [0.15, 0.2) is 0 Å². The Morgan fingerprint density at radius 3 is 2.40 bits per heavy atom. The van der Waals surface area contributed by atoms with Crippen molar-refractivity contribution < 1.29 is 9.53 Å². The lowest BCUT2D eigenvalue weighted by atomic mass is 10.1. The van der Waals surface area contributed by atoms with E-state index in [1.807, 2.05) is 34.6 Å². The molecule has 0 radical (unpaired) electrons. The highest BCUT2D eigenvalue weighted by Gasteiger charge is 2.27. The van der Waals surface area contributed by atoms with E-state index in [9.17, 15) is 4.79 Å². The number of rotatable bonds is 3. The van der Waals surface area contributed by atoms with Gasteiger partial charge in [-0.05, 0) is 51.9 Å². The fourth-order valence-corrected chi connectivity index (χ4v) is 1.97. The highest BCUT2D eigenvalue weighted by atomic mass is 32.2. The molecule has 20 heavy (non-hydrogen) atoms. The average Bonchev–Trinajstić information content (AvgIpc) is 2.24. The number of amidine groups is 1. The van der Waals surface area contributed by atoms with E-state index in [1.165, 1.54) is 11.9 Å². The molecule has 0 unspecified atom stereocenters. The highest BCUT2D eigenvalue weighted by molar-refractivity contribution is 7.98. The number of amides is 2. The lowest BCUT2D eigenvalue weighted by molar-refractivity contribution is 0.224. The standard InChI is InChI=1S/C12H24N4O2S2/c1-7-18-9(13)16(10(17)15-20-8(2)3)11(19)14-12(4,5)6/h8,13H,7H2,1-6H3,(H,14,19)(H,15,17). The first-order valence-corrected chi connectivity index (χ1v) is 7.66. The van der Waals surface area contributed by atoms with Gasteiger partial charge in [0.05, 0.1) is 6.61 Å². The number of hydrogen-bond acceptors (Lipinski definition) is 5. The van der Waals surface area contributed by atoms with E-state index in [0.29, 0.717) is 0 Å². The van der Waals surface area contributed by atoms with Gasteiger partial charge in [0, 0.05) is 10.8 Å². The third-order valence-electron chi connectivity index (χ3n) is 1.75. The van der Waals surface area contributed by atoms with Crippen LogP contribution in [0.1, 0.15) is 41.5 Å². The van der Waals surface area contributed by atoms with Crippen molar-refractivity contribution in [2.24, 2.45) is 0 Å². The van der Waals surface area contributed by atoms with E-state index >= 15 is 0 Å². The van der Waals surface area contributed by atoms with Crippen molar-refractivity contribution in [1.29, 1.82) is 5.41 Å². The normalized spacial score (nSPS) is 10.9. The van der Waals surface area contributed by atoms with Crippen LogP contribution in [0.5, 0.6) is 0 Å². The molecule has 0 fully saturated rings. The molecule has 116 valence electrons. The number of thiocarbonyl (C=S) groups is 1. The van der Waals surface area contributed by atoms with E-state index in [2.05, 4.69) is 10.0 Å². The van der Waals surface area contributed by atoms with Crippen LogP contribution < -0.4 is 10.0 Å². The molecule has 0 rings (SSSR count). The molecule has 0 aromatic heterocycles. The maximum Gasteiger partial charge on any atom is 0.341 e.